The molecular weight excluding hydrogens is 354 g/mol. The fourth-order valence-corrected chi connectivity index (χ4v) is 3.77. The first-order valence-corrected chi connectivity index (χ1v) is 8.63. The van der Waals surface area contributed by atoms with Crippen LogP contribution in [-0.4, -0.2) is 18.8 Å². The summed E-state index contributed by atoms with van der Waals surface area (Å²) in [5.74, 6) is 1.03. The van der Waals surface area contributed by atoms with Gasteiger partial charge in [0.1, 0.15) is 0 Å². The number of rotatable bonds is 6. The predicted octanol–water partition coefficient (Wildman–Crippen LogP) is 5.03. The van der Waals surface area contributed by atoms with Gasteiger partial charge in [-0.15, -0.1) is 11.8 Å². The van der Waals surface area contributed by atoms with Gasteiger partial charge in [-0.1, -0.05) is 45.7 Å². The van der Waals surface area contributed by atoms with E-state index in [1.165, 1.54) is 10.5 Å². The zero-order valence-electron chi connectivity index (χ0n) is 11.3. The van der Waals surface area contributed by atoms with E-state index in [4.69, 9.17) is 11.6 Å². The fourth-order valence-electron chi connectivity index (χ4n) is 1.95. The van der Waals surface area contributed by atoms with E-state index in [0.717, 1.165) is 21.7 Å². The highest BCUT2D eigenvalue weighted by atomic mass is 79.9. The smallest absolute Gasteiger partial charge is 0.0408 e. The van der Waals surface area contributed by atoms with Gasteiger partial charge in [-0.05, 0) is 49.4 Å². The van der Waals surface area contributed by atoms with E-state index in [9.17, 15) is 0 Å². The predicted molar refractivity (Wildman–Crippen MR) is 92.9 cm³/mol. The summed E-state index contributed by atoms with van der Waals surface area (Å²) in [7, 11) is 2.01. The lowest BCUT2D eigenvalue weighted by Crippen LogP contribution is -2.30. The second-order valence-corrected chi connectivity index (χ2v) is 7.03. The maximum absolute atomic E-state index is 6.03. The summed E-state index contributed by atoms with van der Waals surface area (Å²) in [6, 6.07) is 16.9. The molecule has 0 heterocycles. The van der Waals surface area contributed by atoms with Crippen molar-refractivity contribution in [3.05, 3.63) is 63.6 Å². The Kier molecular flexibility index (Phi) is 6.43. The third-order valence-electron chi connectivity index (χ3n) is 3.03. The number of nitrogens with one attached hydrogen (secondary N) is 1. The molecule has 0 fully saturated rings. The lowest BCUT2D eigenvalue weighted by molar-refractivity contribution is 0.617. The fraction of sp³-hybridized carbons (Fsp3) is 0.250. The van der Waals surface area contributed by atoms with E-state index < -0.39 is 0 Å². The normalized spacial score (nSPS) is 12.3. The molecule has 2 aromatic carbocycles. The Labute approximate surface area is 138 Å². The van der Waals surface area contributed by atoms with Crippen LogP contribution in [0.25, 0.3) is 0 Å². The zero-order valence-corrected chi connectivity index (χ0v) is 14.4. The van der Waals surface area contributed by atoms with E-state index in [0.29, 0.717) is 6.04 Å². The highest BCUT2D eigenvalue weighted by molar-refractivity contribution is 9.10. The summed E-state index contributed by atoms with van der Waals surface area (Å²) in [4.78, 5) is 1.28. The van der Waals surface area contributed by atoms with Crippen molar-refractivity contribution in [1.82, 2.24) is 5.32 Å². The minimum absolute atomic E-state index is 0.428. The molecule has 0 aliphatic rings. The maximum atomic E-state index is 6.03. The molecule has 1 unspecified atom stereocenters. The molecule has 0 bridgehead atoms. The van der Waals surface area contributed by atoms with Crippen LogP contribution in [0.5, 0.6) is 0 Å². The summed E-state index contributed by atoms with van der Waals surface area (Å²) >= 11 is 11.4. The van der Waals surface area contributed by atoms with Gasteiger partial charge < -0.3 is 5.32 Å². The van der Waals surface area contributed by atoms with Gasteiger partial charge in [0.25, 0.3) is 0 Å². The van der Waals surface area contributed by atoms with E-state index in [1.54, 1.807) is 0 Å². The summed E-state index contributed by atoms with van der Waals surface area (Å²) < 4.78 is 1.12. The first-order valence-electron chi connectivity index (χ1n) is 6.47. The highest BCUT2D eigenvalue weighted by Gasteiger charge is 2.08. The minimum Gasteiger partial charge on any atom is -0.316 e. The quantitative estimate of drug-likeness (QED) is 0.716. The van der Waals surface area contributed by atoms with Gasteiger partial charge >= 0.3 is 0 Å². The van der Waals surface area contributed by atoms with E-state index in [-0.39, 0.29) is 0 Å². The van der Waals surface area contributed by atoms with Gasteiger partial charge in [0, 0.05) is 26.2 Å². The Balaban J connectivity index is 1.92. The summed E-state index contributed by atoms with van der Waals surface area (Å²) in [5, 5.41) is 4.18. The molecule has 2 rings (SSSR count). The van der Waals surface area contributed by atoms with Crippen molar-refractivity contribution in [3.8, 4) is 0 Å². The molecule has 0 amide bonds. The van der Waals surface area contributed by atoms with Crippen molar-refractivity contribution in [2.24, 2.45) is 0 Å². The van der Waals surface area contributed by atoms with Gasteiger partial charge in [-0.25, -0.2) is 0 Å². The monoisotopic (exact) mass is 369 g/mol. The van der Waals surface area contributed by atoms with E-state index in [1.807, 2.05) is 43.1 Å². The van der Waals surface area contributed by atoms with Crippen molar-refractivity contribution in [2.45, 2.75) is 17.4 Å². The SMILES string of the molecule is CNC(CSc1cccc(Br)c1)Cc1cccc(Cl)c1. The summed E-state index contributed by atoms with van der Waals surface area (Å²) in [5.41, 5.74) is 1.27. The van der Waals surface area contributed by atoms with E-state index in [2.05, 4.69) is 45.5 Å². The zero-order chi connectivity index (χ0) is 14.4. The van der Waals surface area contributed by atoms with E-state index >= 15 is 0 Å². The number of hydrogen-bond acceptors (Lipinski definition) is 2. The van der Waals surface area contributed by atoms with Crippen molar-refractivity contribution < 1.29 is 0 Å². The van der Waals surface area contributed by atoms with Crippen molar-refractivity contribution >= 4 is 39.3 Å². The van der Waals surface area contributed by atoms with Crippen molar-refractivity contribution in [3.63, 3.8) is 0 Å². The molecule has 0 spiro atoms. The van der Waals surface area contributed by atoms with Gasteiger partial charge in [-0.2, -0.15) is 0 Å². The average molecular weight is 371 g/mol. The number of halogens is 2. The molecule has 20 heavy (non-hydrogen) atoms. The number of benzene rings is 2. The largest absolute Gasteiger partial charge is 0.316 e. The third-order valence-corrected chi connectivity index (χ3v) is 4.91. The lowest BCUT2D eigenvalue weighted by atomic mass is 10.1. The molecule has 106 valence electrons. The Morgan fingerprint density at radius 2 is 2.00 bits per heavy atom. The van der Waals surface area contributed by atoms with Crippen LogP contribution >= 0.6 is 39.3 Å². The number of thioether (sulfide) groups is 1. The molecule has 0 saturated heterocycles. The van der Waals surface area contributed by atoms with Crippen LogP contribution in [0.3, 0.4) is 0 Å². The maximum Gasteiger partial charge on any atom is 0.0408 e. The van der Waals surface area contributed by atoms with Gasteiger partial charge in [0.15, 0.2) is 0 Å². The molecule has 4 heteroatoms. The molecule has 0 aromatic heterocycles. The Morgan fingerprint density at radius 1 is 1.20 bits per heavy atom. The lowest BCUT2D eigenvalue weighted by Gasteiger charge is -2.16. The molecule has 2 aromatic rings. The topological polar surface area (TPSA) is 12.0 Å². The Bertz CT molecular complexity index is 562. The second-order valence-electron chi connectivity index (χ2n) is 4.59. The first kappa shape index (κ1) is 15.9. The summed E-state index contributed by atoms with van der Waals surface area (Å²) in [6.07, 6.45) is 0.984. The van der Waals surface area contributed by atoms with Crippen LogP contribution in [0.15, 0.2) is 57.9 Å². The molecule has 0 radical (unpaired) electrons. The van der Waals surface area contributed by atoms with Crippen LogP contribution in [0, 0.1) is 0 Å². The van der Waals surface area contributed by atoms with Crippen molar-refractivity contribution in [1.29, 1.82) is 0 Å². The molecule has 0 aliphatic heterocycles. The molecule has 0 saturated carbocycles. The first-order chi connectivity index (χ1) is 9.67. The van der Waals surface area contributed by atoms with Crippen LogP contribution < -0.4 is 5.32 Å². The van der Waals surface area contributed by atoms with Crippen LogP contribution in [0.1, 0.15) is 5.56 Å². The van der Waals surface area contributed by atoms with Gasteiger partial charge in [-0.3, -0.25) is 0 Å². The summed E-state index contributed by atoms with van der Waals surface area (Å²) in [6.45, 7) is 0. The molecule has 1 atom stereocenters. The number of likely N-dealkylation sites (N-methyl/N-ethyl adjacent to an activating group) is 1. The second kappa shape index (κ2) is 8.08. The molecule has 1 nitrogen and oxygen atoms in total. The minimum atomic E-state index is 0.428. The van der Waals surface area contributed by atoms with Gasteiger partial charge in [0.2, 0.25) is 0 Å². The molecular formula is C16H17BrClNS. The Hall–Kier alpha value is -0.480. The van der Waals surface area contributed by atoms with Crippen LogP contribution in [0.2, 0.25) is 5.02 Å². The standard InChI is InChI=1S/C16H17BrClNS/c1-19-15(9-12-4-2-6-14(18)8-12)11-20-16-7-3-5-13(17)10-16/h2-8,10,15,19H,9,11H2,1H3. The van der Waals surface area contributed by atoms with Gasteiger partial charge in [0.05, 0.1) is 0 Å². The molecule has 0 aliphatic carbocycles. The average Bonchev–Trinajstić information content (AvgIpc) is 2.43. The Morgan fingerprint density at radius 3 is 2.70 bits per heavy atom. The highest BCUT2D eigenvalue weighted by Crippen LogP contribution is 2.23. The molecule has 1 N–H and O–H groups in total. The van der Waals surface area contributed by atoms with Crippen molar-refractivity contribution in [2.75, 3.05) is 12.8 Å². The van der Waals surface area contributed by atoms with Crippen LogP contribution in [0.4, 0.5) is 0 Å². The third kappa shape index (κ3) is 5.13. The van der Waals surface area contributed by atoms with Crippen LogP contribution in [-0.2, 0) is 6.42 Å². The number of hydrogen-bond donors (Lipinski definition) is 1.